The van der Waals surface area contributed by atoms with Crippen LogP contribution in [0.1, 0.15) is 21.9 Å². The number of carbonyl (C=O) groups excluding carboxylic acids is 1. The molecule has 134 valence electrons. The number of hydrogen-bond donors (Lipinski definition) is 2. The van der Waals surface area contributed by atoms with Crippen molar-refractivity contribution in [3.8, 4) is 0 Å². The number of alkyl halides is 3. The summed E-state index contributed by atoms with van der Waals surface area (Å²) in [4.78, 5) is 16.8. The fourth-order valence-electron chi connectivity index (χ4n) is 1.94. The number of aromatic nitrogens is 3. The number of rotatable bonds is 5. The molecule has 2 N–H and O–H groups in total. The van der Waals surface area contributed by atoms with Crippen LogP contribution in [-0.4, -0.2) is 26.1 Å². The Morgan fingerprint density at radius 1 is 1.23 bits per heavy atom. The van der Waals surface area contributed by atoms with Crippen molar-refractivity contribution in [3.63, 3.8) is 0 Å². The summed E-state index contributed by atoms with van der Waals surface area (Å²) in [5.41, 5.74) is -0.738. The third-order valence-corrected chi connectivity index (χ3v) is 4.11. The lowest BCUT2D eigenvalue weighted by atomic mass is 10.2. The van der Waals surface area contributed by atoms with Crippen molar-refractivity contribution in [2.45, 2.75) is 16.0 Å². The highest BCUT2D eigenvalue weighted by Gasteiger charge is 2.30. The van der Waals surface area contributed by atoms with Crippen LogP contribution in [0.4, 0.5) is 13.2 Å². The highest BCUT2D eigenvalue weighted by molar-refractivity contribution is 7.99. The van der Waals surface area contributed by atoms with Crippen LogP contribution >= 0.6 is 11.8 Å². The Morgan fingerprint density at radius 3 is 2.58 bits per heavy atom. The van der Waals surface area contributed by atoms with Gasteiger partial charge < -0.3 is 9.52 Å². The molecule has 0 atom stereocenters. The maximum atomic E-state index is 12.5. The van der Waals surface area contributed by atoms with Crippen molar-refractivity contribution < 1.29 is 27.5 Å². The number of aliphatic hydroxyl groups is 1. The zero-order chi connectivity index (χ0) is 18.7. The van der Waals surface area contributed by atoms with Gasteiger partial charge in [0.05, 0.1) is 10.5 Å². The molecule has 0 spiro atoms. The third kappa shape index (κ3) is 4.14. The summed E-state index contributed by atoms with van der Waals surface area (Å²) in [6.07, 6.45) is -0.937. The van der Waals surface area contributed by atoms with Crippen molar-refractivity contribution in [1.29, 1.82) is 0 Å². The first kappa shape index (κ1) is 17.8. The van der Waals surface area contributed by atoms with E-state index in [1.54, 1.807) is 0 Å². The predicted molar refractivity (Wildman–Crippen MR) is 85.6 cm³/mol. The quantitative estimate of drug-likeness (QED) is 0.388. The van der Waals surface area contributed by atoms with Gasteiger partial charge in [-0.3, -0.25) is 9.89 Å². The molecule has 26 heavy (non-hydrogen) atoms. The van der Waals surface area contributed by atoms with Gasteiger partial charge in [0.15, 0.2) is 11.5 Å². The molecule has 0 saturated carbocycles. The Balaban J connectivity index is 1.70. The van der Waals surface area contributed by atoms with E-state index in [1.807, 2.05) is 0 Å². The Kier molecular flexibility index (Phi) is 4.85. The number of aliphatic hydroxyl groups excluding tert-OH is 1. The standard InChI is InChI=1S/C16H10F3N3O3S/c17-16(18,19)9-1-3-10(4-2-9)26-11-5-14(25-7-11)12(23)6-13(24)15-20-8-21-22-15/h1-8,24H,(H,20,21,22). The fourth-order valence-corrected chi connectivity index (χ4v) is 2.75. The highest BCUT2D eigenvalue weighted by Crippen LogP contribution is 2.33. The topological polar surface area (TPSA) is 92.0 Å². The molecule has 10 heteroatoms. The van der Waals surface area contributed by atoms with Crippen molar-refractivity contribution in [2.75, 3.05) is 0 Å². The number of nitrogens with zero attached hydrogens (tertiary/aromatic N) is 2. The molecule has 3 aromatic rings. The number of hydrogen-bond acceptors (Lipinski definition) is 6. The minimum absolute atomic E-state index is 0.0377. The first-order chi connectivity index (χ1) is 12.3. The Morgan fingerprint density at radius 2 is 1.96 bits per heavy atom. The number of aromatic amines is 1. The lowest BCUT2D eigenvalue weighted by molar-refractivity contribution is -0.137. The average molecular weight is 381 g/mol. The smallest absolute Gasteiger partial charge is 0.416 e. The number of nitrogens with one attached hydrogen (secondary N) is 1. The molecule has 0 aliphatic heterocycles. The van der Waals surface area contributed by atoms with E-state index in [9.17, 15) is 23.1 Å². The zero-order valence-corrected chi connectivity index (χ0v) is 13.6. The van der Waals surface area contributed by atoms with Crippen LogP contribution in [0.15, 0.2) is 63.2 Å². The van der Waals surface area contributed by atoms with Gasteiger partial charge in [0.2, 0.25) is 11.6 Å². The lowest BCUT2D eigenvalue weighted by Crippen LogP contribution is -2.03. The Hall–Kier alpha value is -3.01. The molecule has 0 aliphatic carbocycles. The molecule has 6 nitrogen and oxygen atoms in total. The molecule has 0 unspecified atom stereocenters. The van der Waals surface area contributed by atoms with Crippen LogP contribution in [0.2, 0.25) is 0 Å². The van der Waals surface area contributed by atoms with Crippen LogP contribution in [-0.2, 0) is 6.18 Å². The highest BCUT2D eigenvalue weighted by atomic mass is 32.2. The van der Waals surface area contributed by atoms with Crippen LogP contribution in [0.3, 0.4) is 0 Å². The molecule has 0 saturated heterocycles. The van der Waals surface area contributed by atoms with E-state index in [2.05, 4.69) is 15.2 Å². The second kappa shape index (κ2) is 7.08. The molecule has 0 fully saturated rings. The summed E-state index contributed by atoms with van der Waals surface area (Å²) in [6, 6.07) is 6.04. The summed E-state index contributed by atoms with van der Waals surface area (Å²) < 4.78 is 42.8. The van der Waals surface area contributed by atoms with Gasteiger partial charge in [-0.05, 0) is 24.3 Å². The predicted octanol–water partition coefficient (Wildman–Crippen LogP) is 4.35. The van der Waals surface area contributed by atoms with Crippen LogP contribution in [0.5, 0.6) is 0 Å². The van der Waals surface area contributed by atoms with Crippen molar-refractivity contribution >= 4 is 23.3 Å². The Bertz CT molecular complexity index is 932. The minimum Gasteiger partial charge on any atom is -0.504 e. The van der Waals surface area contributed by atoms with Crippen LogP contribution in [0.25, 0.3) is 5.76 Å². The second-order valence-electron chi connectivity index (χ2n) is 4.99. The van der Waals surface area contributed by atoms with Gasteiger partial charge in [-0.1, -0.05) is 11.8 Å². The normalized spacial score (nSPS) is 12.3. The summed E-state index contributed by atoms with van der Waals surface area (Å²) >= 11 is 1.14. The molecule has 0 aliphatic rings. The van der Waals surface area contributed by atoms with E-state index >= 15 is 0 Å². The molecule has 3 rings (SSSR count). The largest absolute Gasteiger partial charge is 0.504 e. The number of benzene rings is 1. The van der Waals surface area contributed by atoms with Crippen molar-refractivity contribution in [3.05, 3.63) is 66.1 Å². The van der Waals surface area contributed by atoms with E-state index < -0.39 is 23.3 Å². The zero-order valence-electron chi connectivity index (χ0n) is 12.8. The number of allylic oxidation sites excluding steroid dienone is 1. The molecule has 2 heterocycles. The second-order valence-corrected chi connectivity index (χ2v) is 6.13. The molecule has 0 radical (unpaired) electrons. The van der Waals surface area contributed by atoms with E-state index in [1.165, 1.54) is 30.8 Å². The molecule has 1 aromatic carbocycles. The monoisotopic (exact) mass is 381 g/mol. The van der Waals surface area contributed by atoms with Gasteiger partial charge in [0, 0.05) is 17.0 Å². The van der Waals surface area contributed by atoms with Crippen molar-refractivity contribution in [2.24, 2.45) is 0 Å². The third-order valence-electron chi connectivity index (χ3n) is 3.15. The van der Waals surface area contributed by atoms with Crippen molar-refractivity contribution in [1.82, 2.24) is 15.2 Å². The van der Waals surface area contributed by atoms with Crippen LogP contribution < -0.4 is 0 Å². The van der Waals surface area contributed by atoms with E-state index in [0.29, 0.717) is 9.79 Å². The van der Waals surface area contributed by atoms with Gasteiger partial charge in [-0.15, -0.1) is 0 Å². The maximum absolute atomic E-state index is 12.5. The fraction of sp³-hybridized carbons (Fsp3) is 0.0625. The molecular weight excluding hydrogens is 371 g/mol. The molecular formula is C16H10F3N3O3S. The van der Waals surface area contributed by atoms with E-state index in [-0.39, 0.29) is 11.6 Å². The number of H-pyrrole nitrogens is 1. The van der Waals surface area contributed by atoms with Crippen LogP contribution in [0, 0.1) is 0 Å². The summed E-state index contributed by atoms with van der Waals surface area (Å²) in [5.74, 6) is -1.11. The maximum Gasteiger partial charge on any atom is 0.416 e. The summed E-state index contributed by atoms with van der Waals surface area (Å²) in [6.45, 7) is 0. The average Bonchev–Trinajstić information content (AvgIpc) is 3.26. The summed E-state index contributed by atoms with van der Waals surface area (Å²) in [5, 5.41) is 15.8. The van der Waals surface area contributed by atoms with Gasteiger partial charge >= 0.3 is 6.18 Å². The van der Waals surface area contributed by atoms with Gasteiger partial charge in [0.25, 0.3) is 0 Å². The first-order valence-electron chi connectivity index (χ1n) is 7.08. The number of halogens is 3. The molecule has 0 amide bonds. The molecule has 0 bridgehead atoms. The lowest BCUT2D eigenvalue weighted by Gasteiger charge is -2.06. The Labute approximate surface area is 148 Å². The molecule has 2 aromatic heterocycles. The van der Waals surface area contributed by atoms with E-state index in [0.717, 1.165) is 30.0 Å². The first-order valence-corrected chi connectivity index (χ1v) is 7.89. The summed E-state index contributed by atoms with van der Waals surface area (Å²) in [7, 11) is 0. The van der Waals surface area contributed by atoms with E-state index in [4.69, 9.17) is 4.42 Å². The minimum atomic E-state index is -4.39. The SMILES string of the molecule is O=C(C=C(O)c1nc[nH]n1)c1cc(Sc2ccc(C(F)(F)F)cc2)co1. The van der Waals surface area contributed by atoms with Gasteiger partial charge in [-0.25, -0.2) is 4.98 Å². The number of ketones is 1. The van der Waals surface area contributed by atoms with Gasteiger partial charge in [-0.2, -0.15) is 18.3 Å². The van der Waals surface area contributed by atoms with Gasteiger partial charge in [0.1, 0.15) is 12.6 Å². The number of furan rings is 1. The number of carbonyl (C=O) groups is 1.